The van der Waals surface area contributed by atoms with Crippen LogP contribution in [0.3, 0.4) is 0 Å². The van der Waals surface area contributed by atoms with E-state index in [-0.39, 0.29) is 12.5 Å². The van der Waals surface area contributed by atoms with Gasteiger partial charge in [0.1, 0.15) is 5.38 Å². The van der Waals surface area contributed by atoms with Crippen LogP contribution in [-0.2, 0) is 14.3 Å². The van der Waals surface area contributed by atoms with Gasteiger partial charge in [-0.2, -0.15) is 0 Å². The summed E-state index contributed by atoms with van der Waals surface area (Å²) in [6.07, 6.45) is 6.54. The van der Waals surface area contributed by atoms with Gasteiger partial charge < -0.3 is 10.1 Å². The van der Waals surface area contributed by atoms with Crippen molar-refractivity contribution in [2.24, 2.45) is 5.92 Å². The van der Waals surface area contributed by atoms with Crippen LogP contribution in [0.5, 0.6) is 0 Å². The second-order valence-electron chi connectivity index (χ2n) is 4.50. The molecule has 0 aromatic carbocycles. The van der Waals surface area contributed by atoms with E-state index in [1.165, 1.54) is 26.4 Å². The van der Waals surface area contributed by atoms with Gasteiger partial charge in [-0.1, -0.05) is 19.3 Å². The molecule has 5 heteroatoms. The van der Waals surface area contributed by atoms with E-state index in [0.29, 0.717) is 12.3 Å². The highest BCUT2D eigenvalue weighted by molar-refractivity contribution is 6.30. The van der Waals surface area contributed by atoms with Crippen LogP contribution in [-0.4, -0.2) is 30.9 Å². The van der Waals surface area contributed by atoms with Crippen molar-refractivity contribution in [3.05, 3.63) is 0 Å². The second kappa shape index (κ2) is 7.54. The summed E-state index contributed by atoms with van der Waals surface area (Å²) in [5.74, 6) is -0.0354. The number of carbonyl (C=O) groups is 2. The molecular weight excluding hydrogens is 242 g/mol. The average Bonchev–Trinajstić information content (AvgIpc) is 2.36. The summed E-state index contributed by atoms with van der Waals surface area (Å²) in [5.41, 5.74) is 0. The number of alkyl halides is 1. The van der Waals surface area contributed by atoms with Crippen LogP contribution in [0, 0.1) is 5.92 Å². The largest absolute Gasteiger partial charge is 0.468 e. The van der Waals surface area contributed by atoms with Gasteiger partial charge in [0.15, 0.2) is 0 Å². The minimum Gasteiger partial charge on any atom is -0.468 e. The van der Waals surface area contributed by atoms with Gasteiger partial charge in [-0.25, -0.2) is 0 Å². The highest BCUT2D eigenvalue weighted by Gasteiger charge is 2.19. The van der Waals surface area contributed by atoms with Crippen LogP contribution in [0.25, 0.3) is 0 Å². The molecule has 0 radical (unpaired) electrons. The maximum atomic E-state index is 11.6. The quantitative estimate of drug-likeness (QED) is 0.607. The standard InChI is InChI=1S/C12H20ClNO3/c1-17-12(16)10(13)8-14-11(15)7-9-5-3-2-4-6-9/h9-10H,2-8H2,1H3,(H,14,15). The predicted octanol–water partition coefficient (Wildman–Crippen LogP) is 1.85. The number of rotatable bonds is 5. The maximum absolute atomic E-state index is 11.6. The molecule has 1 aliphatic rings. The van der Waals surface area contributed by atoms with Crippen molar-refractivity contribution in [1.82, 2.24) is 5.32 Å². The number of carbonyl (C=O) groups excluding carboxylic acids is 2. The highest BCUT2D eigenvalue weighted by Crippen LogP contribution is 2.25. The van der Waals surface area contributed by atoms with Crippen LogP contribution in [0.2, 0.25) is 0 Å². The van der Waals surface area contributed by atoms with Gasteiger partial charge in [-0.15, -0.1) is 11.6 Å². The Kier molecular flexibility index (Phi) is 6.34. The lowest BCUT2D eigenvalue weighted by Crippen LogP contribution is -2.35. The molecule has 0 aromatic rings. The van der Waals surface area contributed by atoms with Gasteiger partial charge in [-0.3, -0.25) is 9.59 Å². The Morgan fingerprint density at radius 1 is 1.35 bits per heavy atom. The SMILES string of the molecule is COC(=O)C(Cl)CNC(=O)CC1CCCCC1. The molecular formula is C12H20ClNO3. The van der Waals surface area contributed by atoms with E-state index in [9.17, 15) is 9.59 Å². The molecule has 17 heavy (non-hydrogen) atoms. The first-order valence-electron chi connectivity index (χ1n) is 6.12. The molecule has 4 nitrogen and oxygen atoms in total. The number of esters is 1. The smallest absolute Gasteiger partial charge is 0.325 e. The Morgan fingerprint density at radius 2 is 2.00 bits per heavy atom. The van der Waals surface area contributed by atoms with Crippen molar-refractivity contribution in [1.29, 1.82) is 0 Å². The van der Waals surface area contributed by atoms with Crippen LogP contribution in [0.1, 0.15) is 38.5 Å². The van der Waals surface area contributed by atoms with E-state index in [1.807, 2.05) is 0 Å². The minimum absolute atomic E-state index is 0.0218. The monoisotopic (exact) mass is 261 g/mol. The van der Waals surface area contributed by atoms with Gasteiger partial charge in [0, 0.05) is 13.0 Å². The minimum atomic E-state index is -0.796. The highest BCUT2D eigenvalue weighted by atomic mass is 35.5. The lowest BCUT2D eigenvalue weighted by Gasteiger charge is -2.21. The Morgan fingerprint density at radius 3 is 2.59 bits per heavy atom. The fourth-order valence-electron chi connectivity index (χ4n) is 2.14. The van der Waals surface area contributed by atoms with E-state index in [4.69, 9.17) is 11.6 Å². The first-order valence-corrected chi connectivity index (χ1v) is 6.55. The van der Waals surface area contributed by atoms with Gasteiger partial charge in [0.05, 0.1) is 7.11 Å². The number of methoxy groups -OCH3 is 1. The molecule has 1 fully saturated rings. The Balaban J connectivity index is 2.18. The van der Waals surface area contributed by atoms with Crippen LogP contribution in [0.4, 0.5) is 0 Å². The van der Waals surface area contributed by atoms with Crippen molar-refractivity contribution in [3.63, 3.8) is 0 Å². The summed E-state index contributed by atoms with van der Waals surface area (Å²) < 4.78 is 4.47. The third-order valence-electron chi connectivity index (χ3n) is 3.13. The molecule has 1 saturated carbocycles. The lowest BCUT2D eigenvalue weighted by atomic mass is 9.87. The zero-order chi connectivity index (χ0) is 12.7. The van der Waals surface area contributed by atoms with E-state index >= 15 is 0 Å². The molecule has 0 spiro atoms. The summed E-state index contributed by atoms with van der Waals surface area (Å²) in [4.78, 5) is 22.6. The van der Waals surface area contributed by atoms with Gasteiger partial charge in [-0.05, 0) is 18.8 Å². The van der Waals surface area contributed by atoms with E-state index in [1.54, 1.807) is 0 Å². The summed E-state index contributed by atoms with van der Waals surface area (Å²) >= 11 is 5.73. The Bertz CT molecular complexity index is 264. The van der Waals surface area contributed by atoms with Crippen molar-refractivity contribution in [2.75, 3.05) is 13.7 Å². The maximum Gasteiger partial charge on any atom is 0.325 e. The molecule has 1 unspecified atom stereocenters. The molecule has 0 heterocycles. The van der Waals surface area contributed by atoms with Crippen LogP contribution < -0.4 is 5.32 Å². The summed E-state index contributed by atoms with van der Waals surface area (Å²) in [6, 6.07) is 0. The number of hydrogen-bond acceptors (Lipinski definition) is 3. The number of halogens is 1. The van der Waals surface area contributed by atoms with E-state index in [2.05, 4.69) is 10.1 Å². The zero-order valence-electron chi connectivity index (χ0n) is 10.2. The molecule has 1 atom stereocenters. The van der Waals surface area contributed by atoms with Crippen molar-refractivity contribution in [3.8, 4) is 0 Å². The second-order valence-corrected chi connectivity index (χ2v) is 5.03. The van der Waals surface area contributed by atoms with Crippen molar-refractivity contribution >= 4 is 23.5 Å². The van der Waals surface area contributed by atoms with Crippen LogP contribution in [0.15, 0.2) is 0 Å². The normalized spacial score (nSPS) is 18.5. The Labute approximate surface area is 107 Å². The van der Waals surface area contributed by atoms with Crippen molar-refractivity contribution < 1.29 is 14.3 Å². The van der Waals surface area contributed by atoms with E-state index in [0.717, 1.165) is 12.8 Å². The first-order chi connectivity index (χ1) is 8.13. The molecule has 0 aliphatic heterocycles. The molecule has 0 aromatic heterocycles. The summed E-state index contributed by atoms with van der Waals surface area (Å²) in [6.45, 7) is 0.139. The number of ether oxygens (including phenoxy) is 1. The molecule has 1 aliphatic carbocycles. The van der Waals surface area contributed by atoms with Gasteiger partial charge in [0.25, 0.3) is 0 Å². The average molecular weight is 262 g/mol. The zero-order valence-corrected chi connectivity index (χ0v) is 11.0. The first kappa shape index (κ1) is 14.3. The molecule has 1 rings (SSSR count). The summed E-state index contributed by atoms with van der Waals surface area (Å²) in [5, 5.41) is 1.88. The van der Waals surface area contributed by atoms with E-state index < -0.39 is 11.3 Å². The van der Waals surface area contributed by atoms with Crippen LogP contribution >= 0.6 is 11.6 Å². The number of nitrogens with one attached hydrogen (secondary N) is 1. The summed E-state index contributed by atoms with van der Waals surface area (Å²) in [7, 11) is 1.28. The lowest BCUT2D eigenvalue weighted by molar-refractivity contribution is -0.140. The third-order valence-corrected chi connectivity index (χ3v) is 3.47. The fourth-order valence-corrected chi connectivity index (χ4v) is 2.31. The molecule has 0 saturated heterocycles. The van der Waals surface area contributed by atoms with Crippen molar-refractivity contribution in [2.45, 2.75) is 43.9 Å². The molecule has 1 N–H and O–H groups in total. The third kappa shape index (κ3) is 5.39. The fraction of sp³-hybridized carbons (Fsp3) is 0.833. The topological polar surface area (TPSA) is 55.4 Å². The number of hydrogen-bond donors (Lipinski definition) is 1. The Hall–Kier alpha value is -0.770. The van der Waals surface area contributed by atoms with Gasteiger partial charge >= 0.3 is 5.97 Å². The van der Waals surface area contributed by atoms with Gasteiger partial charge in [0.2, 0.25) is 5.91 Å². The molecule has 0 bridgehead atoms. The predicted molar refractivity (Wildman–Crippen MR) is 65.9 cm³/mol. The molecule has 1 amide bonds. The number of amides is 1. The molecule has 98 valence electrons.